The number of hydrogen-bond acceptors (Lipinski definition) is 10. The van der Waals surface area contributed by atoms with E-state index in [0.29, 0.717) is 18.4 Å². The van der Waals surface area contributed by atoms with Crippen LogP contribution in [0.2, 0.25) is 0 Å². The average Bonchev–Trinajstić information content (AvgIpc) is 3.04. The number of aryl methyl sites for hydroxylation is 3. The number of carbonyl (C=O) groups is 1. The average molecular weight is 785 g/mol. The zero-order valence-electron chi connectivity index (χ0n) is 29.9. The Kier molecular flexibility index (Phi) is 29.6. The van der Waals surface area contributed by atoms with Crippen LogP contribution in [0.15, 0.2) is 54.6 Å². The molecule has 3 radical (unpaired) electrons. The molecule has 6 rings (SSSR count). The van der Waals surface area contributed by atoms with Crippen LogP contribution in [-0.2, 0) is 39.7 Å². The molecule has 0 bridgehead atoms. The van der Waals surface area contributed by atoms with Crippen molar-refractivity contribution in [2.45, 2.75) is 77.4 Å². The number of nitrogen functional groups attached to an aromatic ring is 1. The molecule has 3 aromatic carbocycles. The number of nitrogens with two attached hydrogens (primary N) is 1. The maximum Gasteiger partial charge on any atom is 1.00 e. The normalized spacial score (nSPS) is 15.7. The predicted molar refractivity (Wildman–Crippen MR) is 188 cm³/mol. The zero-order chi connectivity index (χ0) is 32.8. The molecule has 49 heavy (non-hydrogen) atoms. The third kappa shape index (κ3) is 15.5. The van der Waals surface area contributed by atoms with E-state index in [1.54, 1.807) is 12.1 Å². The first-order valence-electron chi connectivity index (χ1n) is 14.4. The first-order chi connectivity index (χ1) is 21.1. The van der Waals surface area contributed by atoms with E-state index in [2.05, 4.69) is 0 Å². The number of non-ortho nitro benzene ring substituents is 2. The molecular weight excluding hydrogens is 735 g/mol. The summed E-state index contributed by atoms with van der Waals surface area (Å²) in [5, 5.41) is 54.3. The number of carbonyl (C=O) groups excluding carboxylic acids is 1. The zero-order valence-corrected chi connectivity index (χ0v) is 31.5. The monoisotopic (exact) mass is 784 g/mol. The number of fused-ring (bicyclic) bond motifs is 3. The van der Waals surface area contributed by atoms with E-state index >= 15 is 0 Å². The number of benzene rings is 3. The van der Waals surface area contributed by atoms with Crippen LogP contribution in [-0.4, -0.2) is 58.7 Å². The van der Waals surface area contributed by atoms with Crippen molar-refractivity contribution in [1.29, 1.82) is 0 Å². The summed E-state index contributed by atoms with van der Waals surface area (Å²) < 4.78 is 0. The van der Waals surface area contributed by atoms with Crippen molar-refractivity contribution in [3.8, 4) is 0 Å². The third-order valence-electron chi connectivity index (χ3n) is 7.53. The Labute approximate surface area is 330 Å². The molecule has 3 aromatic rings. The van der Waals surface area contributed by atoms with Gasteiger partial charge in [0.25, 0.3) is 11.4 Å². The summed E-state index contributed by atoms with van der Waals surface area (Å²) in [7, 11) is 2.00. The fourth-order valence-electron chi connectivity index (χ4n) is 5.40. The van der Waals surface area contributed by atoms with Crippen LogP contribution in [0.1, 0.15) is 99.2 Å². The number of aliphatic hydroxyl groups is 4. The minimum atomic E-state index is -0.529. The van der Waals surface area contributed by atoms with Gasteiger partial charge in [0, 0.05) is 85.0 Å². The number of Topliss-reactive ketones (excluding diaryl/α,β-unsaturated/α-hetero) is 1. The van der Waals surface area contributed by atoms with Gasteiger partial charge in [-0.05, 0) is 91.3 Å². The molecule has 0 amide bonds. The Bertz CT molecular complexity index is 1460. The molecule has 0 aromatic heterocycles. The van der Waals surface area contributed by atoms with Crippen molar-refractivity contribution >= 4 is 31.3 Å². The smallest absolute Gasteiger partial charge is 1.00 e. The molecule has 0 saturated heterocycles. The van der Waals surface area contributed by atoms with Crippen LogP contribution in [0.25, 0.3) is 0 Å². The summed E-state index contributed by atoms with van der Waals surface area (Å²) in [4.78, 5) is 31.5. The van der Waals surface area contributed by atoms with Crippen molar-refractivity contribution in [1.82, 2.24) is 0 Å². The van der Waals surface area contributed by atoms with Crippen LogP contribution in [0.3, 0.4) is 0 Å². The van der Waals surface area contributed by atoms with E-state index in [4.69, 9.17) is 15.9 Å². The molecule has 12 nitrogen and oxygen atoms in total. The maximum absolute atomic E-state index is 11.4. The van der Waals surface area contributed by atoms with Crippen LogP contribution in [0.5, 0.6) is 0 Å². The summed E-state index contributed by atoms with van der Waals surface area (Å²) in [5.41, 5.74) is 12.0. The van der Waals surface area contributed by atoms with Crippen LogP contribution >= 0.6 is 0 Å². The Morgan fingerprint density at radius 2 is 1.12 bits per heavy atom. The molecule has 3 aliphatic rings. The van der Waals surface area contributed by atoms with Gasteiger partial charge in [-0.15, -0.1) is 0 Å². The molecule has 271 valence electrons. The quantitative estimate of drug-likeness (QED) is 0.0844. The predicted octanol–water partition coefficient (Wildman–Crippen LogP) is 2.87. The molecule has 15 heteroatoms. The molecule has 0 heterocycles. The van der Waals surface area contributed by atoms with Gasteiger partial charge in [-0.3, -0.25) is 25.0 Å². The van der Waals surface area contributed by atoms with Gasteiger partial charge in [-0.2, -0.15) is 0 Å². The van der Waals surface area contributed by atoms with Gasteiger partial charge >= 0.3 is 29.6 Å². The Morgan fingerprint density at radius 1 is 0.714 bits per heavy atom. The van der Waals surface area contributed by atoms with E-state index < -0.39 is 16.0 Å². The largest absolute Gasteiger partial charge is 1.00 e. The van der Waals surface area contributed by atoms with Gasteiger partial charge in [-0.25, -0.2) is 0 Å². The first-order valence-corrected chi connectivity index (χ1v) is 14.4. The Morgan fingerprint density at radius 3 is 1.61 bits per heavy atom. The van der Waals surface area contributed by atoms with Gasteiger partial charge in [0.05, 0.1) is 22.1 Å². The minimum Gasteiger partial charge on any atom is -1.00 e. The Balaban J connectivity index is -0.000000133. The summed E-state index contributed by atoms with van der Waals surface area (Å²) in [6.45, 7) is 0. The molecule has 0 saturated carbocycles. The van der Waals surface area contributed by atoms with Crippen LogP contribution in [0, 0.1) is 27.7 Å². The van der Waals surface area contributed by atoms with Crippen molar-refractivity contribution in [3.63, 3.8) is 0 Å². The molecular formula is C34H50BN3NaO9Pd-2. The second-order valence-electron chi connectivity index (χ2n) is 10.3. The van der Waals surface area contributed by atoms with Crippen molar-refractivity contribution < 1.29 is 87.9 Å². The summed E-state index contributed by atoms with van der Waals surface area (Å²) in [5.74, 6) is 0.0231. The first kappa shape index (κ1) is 53.3. The fraction of sp³-hybridized carbons (Fsp3) is 0.412. The summed E-state index contributed by atoms with van der Waals surface area (Å²) >= 11 is 0. The number of anilines is 1. The number of nitrogens with zero attached hydrogens (tertiary/aromatic N) is 2. The number of rotatable bonds is 2. The van der Waals surface area contributed by atoms with Crippen LogP contribution in [0.4, 0.5) is 17.1 Å². The van der Waals surface area contributed by atoms with E-state index in [-0.39, 0.29) is 99.4 Å². The molecule has 0 fully saturated rings. The van der Waals surface area contributed by atoms with E-state index in [1.165, 1.54) is 29.8 Å². The van der Waals surface area contributed by atoms with Gasteiger partial charge in [0.2, 0.25) is 0 Å². The van der Waals surface area contributed by atoms with Crippen molar-refractivity contribution in [3.05, 3.63) is 116 Å². The van der Waals surface area contributed by atoms with E-state index in [1.807, 2.05) is 18.2 Å². The molecule has 3 aliphatic carbocycles. The molecule has 0 aliphatic heterocycles. The standard InChI is InChI=1S/C10H11NO3.C10H9NO3.C10H13NO.2CH4O.CH4.CH3.B.Na.Pd.2H/c2*12-10-3-1-2-7-4-5-8(11(13)14)6-9(7)10;11-8-5-4-7-2-1-3-10(12)9(7)6-8;2*1-2;;;;;;;/h4-6,10,12H,1-3H2;4-6H,1-3H2;4-6,10,12H,1-3,11H2;2*2H,1H3;1H4;1H3;;;;;/q;;;;;;-1;;+1;;2*-1. The fourth-order valence-corrected chi connectivity index (χ4v) is 5.40. The van der Waals surface area contributed by atoms with Crippen LogP contribution < -0.4 is 35.3 Å². The topological polar surface area (TPSA) is 210 Å². The number of ketones is 1. The maximum atomic E-state index is 11.4. The minimum absolute atomic E-state index is 0. The summed E-state index contributed by atoms with van der Waals surface area (Å²) in [6.07, 6.45) is 6.97. The van der Waals surface area contributed by atoms with E-state index in [0.717, 1.165) is 87.1 Å². The molecule has 6 N–H and O–H groups in total. The van der Waals surface area contributed by atoms with Crippen molar-refractivity contribution in [2.24, 2.45) is 0 Å². The van der Waals surface area contributed by atoms with Gasteiger partial charge < -0.3 is 36.4 Å². The third-order valence-corrected chi connectivity index (χ3v) is 7.53. The molecule has 2 unspecified atom stereocenters. The summed E-state index contributed by atoms with van der Waals surface area (Å²) in [6, 6.07) is 15.1. The van der Waals surface area contributed by atoms with Crippen molar-refractivity contribution in [2.75, 3.05) is 20.0 Å². The second kappa shape index (κ2) is 27.2. The SMILES string of the molecule is C.CO.CO.Nc1ccc2c(c1)C(O)CCC2.O=C1CCCc2ccc([N+](=O)[O-])cc21.O=[N+]([O-])c1ccc2c(c1)C(O)CCC2.[B].[CH3-].[H-].[H-].[Na+].[Pd]. The number of nitro groups is 2. The van der Waals surface area contributed by atoms with Gasteiger partial charge in [-0.1, -0.05) is 25.6 Å². The second-order valence-corrected chi connectivity index (χ2v) is 10.3. The van der Waals surface area contributed by atoms with Gasteiger partial charge in [0.1, 0.15) is 0 Å². The number of nitro benzene ring substituents is 2. The van der Waals surface area contributed by atoms with Gasteiger partial charge in [0.15, 0.2) is 5.78 Å². The molecule has 2 atom stereocenters. The molecule has 0 spiro atoms. The Hall–Kier alpha value is -2.50. The van der Waals surface area contributed by atoms with E-state index in [9.17, 15) is 35.2 Å². The number of hydrogen-bond donors (Lipinski definition) is 5. The number of aliphatic hydroxyl groups excluding tert-OH is 4.